The lowest BCUT2D eigenvalue weighted by Gasteiger charge is -2.41. The quantitative estimate of drug-likeness (QED) is 0.394. The standard InChI is InChI=1S/C32H43N3O/c1-6-32(5)21-31(36)35(25(4)34-32)22-29-20-28(18-17-23(29)2)24(3)33-30(27-15-11-8-12-16-27)19-26-13-9-7-10-14-26/h8,11-12,15-18,20,26,30,33-34H,3-4,6-7,9-10,13-14,19,21-22H2,1-2,5H3. The minimum atomic E-state index is -0.218. The van der Waals surface area contributed by atoms with Crippen LogP contribution in [0.15, 0.2) is 67.5 Å². The minimum absolute atomic E-state index is 0.126. The average Bonchev–Trinajstić information content (AvgIpc) is 2.88. The van der Waals surface area contributed by atoms with Crippen molar-refractivity contribution < 1.29 is 4.79 Å². The van der Waals surface area contributed by atoms with Crippen LogP contribution in [0, 0.1) is 12.8 Å². The lowest BCUT2D eigenvalue weighted by Crippen LogP contribution is -2.55. The van der Waals surface area contributed by atoms with E-state index in [-0.39, 0.29) is 17.5 Å². The second-order valence-corrected chi connectivity index (χ2v) is 11.1. The first-order chi connectivity index (χ1) is 17.3. The molecule has 2 aromatic rings. The summed E-state index contributed by atoms with van der Waals surface area (Å²) in [5.74, 6) is 1.57. The van der Waals surface area contributed by atoms with Gasteiger partial charge in [-0.3, -0.25) is 9.69 Å². The Morgan fingerprint density at radius 1 is 1.17 bits per heavy atom. The Balaban J connectivity index is 1.50. The number of hydrogen-bond acceptors (Lipinski definition) is 3. The smallest absolute Gasteiger partial charge is 0.230 e. The largest absolute Gasteiger partial charge is 0.378 e. The summed E-state index contributed by atoms with van der Waals surface area (Å²) in [5.41, 5.74) is 5.39. The molecule has 2 N–H and O–H groups in total. The van der Waals surface area contributed by atoms with Crippen molar-refractivity contribution in [2.75, 3.05) is 0 Å². The first-order valence-electron chi connectivity index (χ1n) is 13.7. The predicted molar refractivity (Wildman–Crippen MR) is 150 cm³/mol. The van der Waals surface area contributed by atoms with Crippen molar-refractivity contribution in [3.63, 3.8) is 0 Å². The average molecular weight is 486 g/mol. The van der Waals surface area contributed by atoms with Crippen molar-refractivity contribution in [3.05, 3.63) is 89.8 Å². The molecule has 1 aliphatic heterocycles. The summed E-state index contributed by atoms with van der Waals surface area (Å²) in [6, 6.07) is 17.5. The zero-order valence-electron chi connectivity index (χ0n) is 22.4. The molecule has 36 heavy (non-hydrogen) atoms. The third-order valence-electron chi connectivity index (χ3n) is 8.26. The third-order valence-corrected chi connectivity index (χ3v) is 8.26. The summed E-state index contributed by atoms with van der Waals surface area (Å²) in [4.78, 5) is 14.8. The van der Waals surface area contributed by atoms with Crippen LogP contribution in [-0.2, 0) is 11.3 Å². The third kappa shape index (κ3) is 6.21. The zero-order valence-corrected chi connectivity index (χ0v) is 22.4. The maximum atomic E-state index is 13.0. The molecule has 2 unspecified atom stereocenters. The number of nitrogens with one attached hydrogen (secondary N) is 2. The van der Waals surface area contributed by atoms with E-state index in [0.717, 1.165) is 41.1 Å². The van der Waals surface area contributed by atoms with E-state index in [1.54, 1.807) is 4.90 Å². The highest BCUT2D eigenvalue weighted by Crippen LogP contribution is 2.33. The molecule has 0 aromatic heterocycles. The first-order valence-corrected chi connectivity index (χ1v) is 13.7. The van der Waals surface area contributed by atoms with Gasteiger partial charge in [0.05, 0.1) is 12.6 Å². The molecule has 4 heteroatoms. The van der Waals surface area contributed by atoms with Crippen LogP contribution in [0.2, 0.25) is 0 Å². The molecule has 0 radical (unpaired) electrons. The Kier molecular flexibility index (Phi) is 8.23. The van der Waals surface area contributed by atoms with Gasteiger partial charge in [-0.15, -0.1) is 0 Å². The number of rotatable bonds is 9. The SMILES string of the molecule is C=C(NC(CC1CCCCC1)c1ccccc1)c1ccc(C)c(CN2C(=C)NC(C)(CC)CC2=O)c1. The van der Waals surface area contributed by atoms with Crippen LogP contribution in [0.3, 0.4) is 0 Å². The van der Waals surface area contributed by atoms with Gasteiger partial charge in [-0.1, -0.05) is 94.7 Å². The van der Waals surface area contributed by atoms with Crippen LogP contribution >= 0.6 is 0 Å². The van der Waals surface area contributed by atoms with Gasteiger partial charge >= 0.3 is 0 Å². The maximum absolute atomic E-state index is 13.0. The molecule has 1 saturated heterocycles. The first kappa shape index (κ1) is 26.1. The Morgan fingerprint density at radius 2 is 1.89 bits per heavy atom. The molecule has 4 nitrogen and oxygen atoms in total. The fourth-order valence-electron chi connectivity index (χ4n) is 5.65. The van der Waals surface area contributed by atoms with Crippen LogP contribution in [0.1, 0.15) is 93.5 Å². The van der Waals surface area contributed by atoms with Gasteiger partial charge in [0.2, 0.25) is 5.91 Å². The summed E-state index contributed by atoms with van der Waals surface area (Å²) in [6.45, 7) is 15.4. The summed E-state index contributed by atoms with van der Waals surface area (Å²) < 4.78 is 0. The van der Waals surface area contributed by atoms with E-state index in [0.29, 0.717) is 18.8 Å². The van der Waals surface area contributed by atoms with E-state index in [9.17, 15) is 4.79 Å². The van der Waals surface area contributed by atoms with Crippen molar-refractivity contribution in [1.82, 2.24) is 15.5 Å². The number of nitrogens with zero attached hydrogens (tertiary/aromatic N) is 1. The van der Waals surface area contributed by atoms with Crippen molar-refractivity contribution in [3.8, 4) is 0 Å². The fourth-order valence-corrected chi connectivity index (χ4v) is 5.65. The highest BCUT2D eigenvalue weighted by Gasteiger charge is 2.35. The van der Waals surface area contributed by atoms with Crippen LogP contribution in [0.4, 0.5) is 0 Å². The molecular weight excluding hydrogens is 442 g/mol. The van der Waals surface area contributed by atoms with Crippen LogP contribution < -0.4 is 10.6 Å². The highest BCUT2D eigenvalue weighted by atomic mass is 16.2. The Morgan fingerprint density at radius 3 is 2.56 bits per heavy atom. The molecule has 0 spiro atoms. The molecule has 4 rings (SSSR count). The van der Waals surface area contributed by atoms with Crippen molar-refractivity contribution in [1.29, 1.82) is 0 Å². The molecule has 2 fully saturated rings. The maximum Gasteiger partial charge on any atom is 0.230 e. The number of amides is 1. The number of benzene rings is 2. The molecule has 192 valence electrons. The lowest BCUT2D eigenvalue weighted by molar-refractivity contribution is -0.134. The van der Waals surface area contributed by atoms with Crippen molar-refractivity contribution >= 4 is 11.6 Å². The van der Waals surface area contributed by atoms with E-state index in [1.807, 2.05) is 0 Å². The van der Waals surface area contributed by atoms with E-state index >= 15 is 0 Å². The Hall–Kier alpha value is -3.01. The van der Waals surface area contributed by atoms with Gasteiger partial charge in [0.25, 0.3) is 0 Å². The van der Waals surface area contributed by atoms with Gasteiger partial charge in [0.15, 0.2) is 0 Å². The number of hydrogen-bond donors (Lipinski definition) is 2. The minimum Gasteiger partial charge on any atom is -0.378 e. The second kappa shape index (κ2) is 11.4. The summed E-state index contributed by atoms with van der Waals surface area (Å²) >= 11 is 0. The summed E-state index contributed by atoms with van der Waals surface area (Å²) in [5, 5.41) is 7.24. The highest BCUT2D eigenvalue weighted by molar-refractivity contribution is 5.80. The molecular formula is C32H43N3O. The van der Waals surface area contributed by atoms with E-state index < -0.39 is 0 Å². The lowest BCUT2D eigenvalue weighted by atomic mass is 9.83. The van der Waals surface area contributed by atoms with Gasteiger partial charge in [0, 0.05) is 17.7 Å². The summed E-state index contributed by atoms with van der Waals surface area (Å²) in [6.07, 6.45) is 9.21. The van der Waals surface area contributed by atoms with Crippen LogP contribution in [-0.4, -0.2) is 16.3 Å². The van der Waals surface area contributed by atoms with Gasteiger partial charge in [-0.2, -0.15) is 0 Å². The topological polar surface area (TPSA) is 44.4 Å². The molecule has 2 atom stereocenters. The van der Waals surface area contributed by atoms with Crippen LogP contribution in [0.5, 0.6) is 0 Å². The number of aryl methyl sites for hydroxylation is 1. The predicted octanol–water partition coefficient (Wildman–Crippen LogP) is 7.23. The molecule has 2 aliphatic rings. The molecule has 2 aromatic carbocycles. The Bertz CT molecular complexity index is 1070. The van der Waals surface area contributed by atoms with Crippen molar-refractivity contribution in [2.45, 2.75) is 90.3 Å². The summed E-state index contributed by atoms with van der Waals surface area (Å²) in [7, 11) is 0. The molecule has 0 bridgehead atoms. The molecule has 1 saturated carbocycles. The number of carbonyl (C=O) groups is 1. The van der Waals surface area contributed by atoms with Gasteiger partial charge in [-0.05, 0) is 60.9 Å². The zero-order chi connectivity index (χ0) is 25.7. The van der Waals surface area contributed by atoms with Gasteiger partial charge in [-0.25, -0.2) is 0 Å². The fraction of sp³-hybridized carbons (Fsp3) is 0.469. The van der Waals surface area contributed by atoms with E-state index in [1.165, 1.54) is 37.7 Å². The molecule has 1 heterocycles. The van der Waals surface area contributed by atoms with Gasteiger partial charge < -0.3 is 10.6 Å². The van der Waals surface area contributed by atoms with Gasteiger partial charge in [0.1, 0.15) is 5.82 Å². The van der Waals surface area contributed by atoms with E-state index in [4.69, 9.17) is 0 Å². The normalized spacial score (nSPS) is 21.7. The van der Waals surface area contributed by atoms with Crippen molar-refractivity contribution in [2.24, 2.45) is 5.92 Å². The van der Waals surface area contributed by atoms with E-state index in [2.05, 4.69) is 93.1 Å². The number of carbonyl (C=O) groups excluding carboxylic acids is 1. The Labute approximate surface area is 217 Å². The molecule has 1 aliphatic carbocycles. The molecule has 1 amide bonds. The van der Waals surface area contributed by atoms with Crippen LogP contribution in [0.25, 0.3) is 5.70 Å². The second-order valence-electron chi connectivity index (χ2n) is 11.1. The monoisotopic (exact) mass is 485 g/mol.